The molecule has 0 aromatic heterocycles. The number of benzene rings is 1. The first-order valence-electron chi connectivity index (χ1n) is 5.71. The lowest BCUT2D eigenvalue weighted by atomic mass is 10.1. The Labute approximate surface area is 115 Å². The monoisotopic (exact) mass is 278 g/mol. The van der Waals surface area contributed by atoms with E-state index in [1.807, 2.05) is 6.07 Å². The maximum absolute atomic E-state index is 11.5. The predicted molar refractivity (Wildman–Crippen MR) is 67.9 cm³/mol. The number of nitrogens with one attached hydrogen (secondary N) is 1. The normalized spacial score (nSPS) is 12.8. The van der Waals surface area contributed by atoms with Crippen LogP contribution in [0.3, 0.4) is 0 Å². The van der Waals surface area contributed by atoms with Crippen molar-refractivity contribution in [1.82, 2.24) is 5.32 Å². The Morgan fingerprint density at radius 3 is 2.70 bits per heavy atom. The first-order valence-corrected chi connectivity index (χ1v) is 5.71. The van der Waals surface area contributed by atoms with E-state index in [4.69, 9.17) is 15.1 Å². The van der Waals surface area contributed by atoms with Gasteiger partial charge in [0.2, 0.25) is 0 Å². The number of carbonyl (C=O) groups is 2. The Balaban J connectivity index is 2.49. The molecular formula is C13H14N2O5. The van der Waals surface area contributed by atoms with Crippen LogP contribution in [0.5, 0.6) is 5.75 Å². The van der Waals surface area contributed by atoms with Gasteiger partial charge in [-0.05, 0) is 19.1 Å². The number of hydrogen-bond donors (Lipinski definition) is 3. The number of rotatable bonds is 6. The summed E-state index contributed by atoms with van der Waals surface area (Å²) in [6, 6.07) is 8.32. The second-order valence-electron chi connectivity index (χ2n) is 4.25. The van der Waals surface area contributed by atoms with E-state index in [0.29, 0.717) is 0 Å². The fourth-order valence-corrected chi connectivity index (χ4v) is 1.23. The van der Waals surface area contributed by atoms with E-state index in [1.165, 1.54) is 0 Å². The summed E-state index contributed by atoms with van der Waals surface area (Å²) in [5, 5.41) is 29.1. The zero-order valence-electron chi connectivity index (χ0n) is 10.8. The van der Waals surface area contributed by atoms with Gasteiger partial charge in [-0.15, -0.1) is 0 Å². The average Bonchev–Trinajstić information content (AvgIpc) is 2.43. The van der Waals surface area contributed by atoms with Crippen LogP contribution in [0.15, 0.2) is 24.3 Å². The van der Waals surface area contributed by atoms with E-state index in [2.05, 4.69) is 5.32 Å². The Hall–Kier alpha value is -2.59. The number of amides is 1. The van der Waals surface area contributed by atoms with Gasteiger partial charge in [-0.1, -0.05) is 12.1 Å². The van der Waals surface area contributed by atoms with Crippen LogP contribution in [0, 0.1) is 11.3 Å². The van der Waals surface area contributed by atoms with Crippen molar-refractivity contribution in [2.24, 2.45) is 0 Å². The number of nitriles is 1. The molecule has 0 spiro atoms. The lowest BCUT2D eigenvalue weighted by Crippen LogP contribution is -2.47. The average molecular weight is 278 g/mol. The van der Waals surface area contributed by atoms with Crippen LogP contribution in [0.2, 0.25) is 0 Å². The second kappa shape index (κ2) is 6.54. The number of hydrogen-bond acceptors (Lipinski definition) is 5. The molecule has 7 heteroatoms. The fraction of sp³-hybridized carbons (Fsp3) is 0.308. The lowest BCUT2D eigenvalue weighted by Gasteiger charge is -2.18. The van der Waals surface area contributed by atoms with Gasteiger partial charge in [-0.3, -0.25) is 4.79 Å². The zero-order chi connectivity index (χ0) is 15.2. The molecule has 0 radical (unpaired) electrons. The van der Waals surface area contributed by atoms with Crippen LogP contribution in [0.1, 0.15) is 12.5 Å². The van der Waals surface area contributed by atoms with Crippen molar-refractivity contribution in [3.8, 4) is 11.8 Å². The summed E-state index contributed by atoms with van der Waals surface area (Å²) in [6.45, 7) is 0.250. The highest BCUT2D eigenvalue weighted by Gasteiger charge is 2.30. The number of ether oxygens (including phenoxy) is 1. The first-order chi connectivity index (χ1) is 9.36. The number of nitrogens with zero attached hydrogens (tertiary/aromatic N) is 1. The van der Waals surface area contributed by atoms with Gasteiger partial charge in [0.05, 0.1) is 12.1 Å². The Kier molecular flexibility index (Phi) is 5.06. The third-order valence-corrected chi connectivity index (χ3v) is 2.46. The number of carbonyl (C=O) groups excluding carboxylic acids is 1. The molecule has 1 aromatic rings. The minimum absolute atomic E-state index is 0.259. The van der Waals surface area contributed by atoms with Crippen molar-refractivity contribution in [3.05, 3.63) is 29.8 Å². The molecule has 3 N–H and O–H groups in total. The standard InChI is InChI=1S/C13H14N2O5/c1-13(19,12(17)18)8-15-11(16)7-20-10-5-3-2-4-9(10)6-14/h2-5,19H,7-8H2,1H3,(H,15,16)(H,17,18). The summed E-state index contributed by atoms with van der Waals surface area (Å²) in [5.41, 5.74) is -1.75. The molecule has 0 aliphatic carbocycles. The number of aliphatic hydroxyl groups is 1. The highest BCUT2D eigenvalue weighted by molar-refractivity contribution is 5.81. The molecule has 0 saturated heterocycles. The van der Waals surface area contributed by atoms with Gasteiger partial charge in [0, 0.05) is 0 Å². The highest BCUT2D eigenvalue weighted by Crippen LogP contribution is 2.16. The Bertz CT molecular complexity index is 548. The minimum atomic E-state index is -2.04. The SMILES string of the molecule is CC(O)(CNC(=O)COc1ccccc1C#N)C(=O)O. The van der Waals surface area contributed by atoms with Crippen LogP contribution in [-0.4, -0.2) is 40.8 Å². The minimum Gasteiger partial charge on any atom is -0.482 e. The second-order valence-corrected chi connectivity index (χ2v) is 4.25. The van der Waals surface area contributed by atoms with E-state index in [0.717, 1.165) is 6.92 Å². The summed E-state index contributed by atoms with van der Waals surface area (Å²) >= 11 is 0. The molecule has 1 amide bonds. The first kappa shape index (κ1) is 15.5. The van der Waals surface area contributed by atoms with Crippen molar-refractivity contribution in [1.29, 1.82) is 5.26 Å². The van der Waals surface area contributed by atoms with Gasteiger partial charge in [-0.2, -0.15) is 5.26 Å². The van der Waals surface area contributed by atoms with Crippen LogP contribution in [-0.2, 0) is 9.59 Å². The van der Waals surface area contributed by atoms with Gasteiger partial charge in [-0.25, -0.2) is 4.79 Å². The molecule has 7 nitrogen and oxygen atoms in total. The molecule has 0 bridgehead atoms. The van der Waals surface area contributed by atoms with Crippen molar-refractivity contribution in [2.75, 3.05) is 13.2 Å². The van der Waals surface area contributed by atoms with Gasteiger partial charge in [0.15, 0.2) is 12.2 Å². The molecule has 1 unspecified atom stereocenters. The zero-order valence-corrected chi connectivity index (χ0v) is 10.8. The third kappa shape index (κ3) is 4.26. The summed E-state index contributed by atoms with van der Waals surface area (Å²) < 4.78 is 5.15. The van der Waals surface area contributed by atoms with Crippen LogP contribution in [0.25, 0.3) is 0 Å². The molecule has 20 heavy (non-hydrogen) atoms. The van der Waals surface area contributed by atoms with Crippen LogP contribution >= 0.6 is 0 Å². The summed E-state index contributed by atoms with van der Waals surface area (Å²) in [7, 11) is 0. The van der Waals surface area contributed by atoms with Crippen molar-refractivity contribution >= 4 is 11.9 Å². The number of aliphatic carboxylic acids is 1. The number of carboxylic acid groups (broad SMARTS) is 1. The molecule has 0 heterocycles. The molecule has 0 saturated carbocycles. The number of para-hydroxylation sites is 1. The molecular weight excluding hydrogens is 264 g/mol. The molecule has 0 fully saturated rings. The van der Waals surface area contributed by atoms with Gasteiger partial charge >= 0.3 is 5.97 Å². The van der Waals surface area contributed by atoms with E-state index in [-0.39, 0.29) is 17.9 Å². The predicted octanol–water partition coefficient (Wildman–Crippen LogP) is -0.111. The molecule has 0 aliphatic rings. The van der Waals surface area contributed by atoms with E-state index >= 15 is 0 Å². The Morgan fingerprint density at radius 2 is 2.10 bits per heavy atom. The van der Waals surface area contributed by atoms with Crippen molar-refractivity contribution < 1.29 is 24.5 Å². The number of carboxylic acids is 1. The summed E-state index contributed by atoms with van der Waals surface area (Å²) in [4.78, 5) is 22.1. The van der Waals surface area contributed by atoms with Gasteiger partial charge < -0.3 is 20.3 Å². The molecule has 1 rings (SSSR count). The maximum Gasteiger partial charge on any atom is 0.337 e. The Morgan fingerprint density at radius 1 is 1.45 bits per heavy atom. The van der Waals surface area contributed by atoms with E-state index < -0.39 is 24.0 Å². The molecule has 0 aliphatic heterocycles. The maximum atomic E-state index is 11.5. The van der Waals surface area contributed by atoms with E-state index in [1.54, 1.807) is 24.3 Å². The van der Waals surface area contributed by atoms with Gasteiger partial charge in [0.1, 0.15) is 11.8 Å². The van der Waals surface area contributed by atoms with Crippen molar-refractivity contribution in [3.63, 3.8) is 0 Å². The van der Waals surface area contributed by atoms with Crippen LogP contribution in [0.4, 0.5) is 0 Å². The smallest absolute Gasteiger partial charge is 0.337 e. The summed E-state index contributed by atoms with van der Waals surface area (Å²) in [6.07, 6.45) is 0. The van der Waals surface area contributed by atoms with Crippen molar-refractivity contribution in [2.45, 2.75) is 12.5 Å². The van der Waals surface area contributed by atoms with E-state index in [9.17, 15) is 14.7 Å². The van der Waals surface area contributed by atoms with Crippen LogP contribution < -0.4 is 10.1 Å². The molecule has 106 valence electrons. The largest absolute Gasteiger partial charge is 0.482 e. The highest BCUT2D eigenvalue weighted by atomic mass is 16.5. The molecule has 1 atom stereocenters. The molecule has 1 aromatic carbocycles. The van der Waals surface area contributed by atoms with Gasteiger partial charge in [0.25, 0.3) is 5.91 Å². The lowest BCUT2D eigenvalue weighted by molar-refractivity contribution is -0.156. The fourth-order valence-electron chi connectivity index (χ4n) is 1.23. The topological polar surface area (TPSA) is 120 Å². The quantitative estimate of drug-likeness (QED) is 0.667. The third-order valence-electron chi connectivity index (χ3n) is 2.46. The summed E-state index contributed by atoms with van der Waals surface area (Å²) in [5.74, 6) is -1.78.